The molecule has 96 valence electrons. The smallest absolute Gasteiger partial charge is 0.173 e. The molecule has 1 aliphatic carbocycles. The summed E-state index contributed by atoms with van der Waals surface area (Å²) in [6.07, 6.45) is 8.17. The Morgan fingerprint density at radius 1 is 1.37 bits per heavy atom. The first kappa shape index (κ1) is 12.0. The first-order valence-electron chi connectivity index (χ1n) is 6.65. The van der Waals surface area contributed by atoms with Gasteiger partial charge in [-0.2, -0.15) is 0 Å². The fourth-order valence-electron chi connectivity index (χ4n) is 2.76. The number of ketones is 1. The van der Waals surface area contributed by atoms with E-state index in [1.165, 1.54) is 5.56 Å². The highest BCUT2D eigenvalue weighted by Crippen LogP contribution is 2.32. The van der Waals surface area contributed by atoms with E-state index < -0.39 is 0 Å². The Balaban J connectivity index is 1.98. The molecule has 0 aromatic carbocycles. The van der Waals surface area contributed by atoms with Crippen LogP contribution in [0.2, 0.25) is 0 Å². The molecule has 19 heavy (non-hydrogen) atoms. The molecule has 0 bridgehead atoms. The van der Waals surface area contributed by atoms with Gasteiger partial charge in [0.2, 0.25) is 0 Å². The van der Waals surface area contributed by atoms with E-state index in [4.69, 9.17) is 0 Å². The van der Waals surface area contributed by atoms with Crippen LogP contribution in [0.25, 0.3) is 0 Å². The molecule has 2 aromatic rings. The lowest BCUT2D eigenvalue weighted by molar-refractivity contribution is 0.0948. The van der Waals surface area contributed by atoms with Crippen LogP contribution in [0.1, 0.15) is 45.9 Å². The number of carbonyl (C=O) groups excluding carboxylic acids is 1. The summed E-state index contributed by atoms with van der Waals surface area (Å²) in [6, 6.07) is 5.93. The van der Waals surface area contributed by atoms with E-state index >= 15 is 0 Å². The number of nitrogens with zero attached hydrogens (tertiary/aromatic N) is 2. The van der Waals surface area contributed by atoms with Crippen molar-refractivity contribution < 1.29 is 4.79 Å². The number of aromatic nitrogens is 2. The van der Waals surface area contributed by atoms with Crippen LogP contribution in [0.4, 0.5) is 0 Å². The van der Waals surface area contributed by atoms with Gasteiger partial charge in [0, 0.05) is 24.2 Å². The summed E-state index contributed by atoms with van der Waals surface area (Å²) < 4.78 is 0. The second-order valence-electron chi connectivity index (χ2n) is 5.11. The SMILES string of the molecule is Cc1cncc(C(=O)C2CCCc3cccnc32)c1. The van der Waals surface area contributed by atoms with Crippen LogP contribution in [0.5, 0.6) is 0 Å². The third kappa shape index (κ3) is 2.28. The van der Waals surface area contributed by atoms with Gasteiger partial charge in [-0.1, -0.05) is 6.07 Å². The Kier molecular flexibility index (Phi) is 3.11. The van der Waals surface area contributed by atoms with E-state index in [1.807, 2.05) is 19.1 Å². The fourth-order valence-corrected chi connectivity index (χ4v) is 2.76. The van der Waals surface area contributed by atoms with Gasteiger partial charge in [-0.05, 0) is 49.4 Å². The zero-order chi connectivity index (χ0) is 13.2. The summed E-state index contributed by atoms with van der Waals surface area (Å²) in [5.74, 6) is 0.0457. The average molecular weight is 252 g/mol. The minimum absolute atomic E-state index is 0.103. The lowest BCUT2D eigenvalue weighted by atomic mass is 9.82. The van der Waals surface area contributed by atoms with Crippen LogP contribution in [-0.4, -0.2) is 15.8 Å². The maximum Gasteiger partial charge on any atom is 0.173 e. The Labute approximate surface area is 112 Å². The maximum atomic E-state index is 12.6. The third-order valence-corrected chi connectivity index (χ3v) is 3.67. The molecule has 0 spiro atoms. The van der Waals surface area contributed by atoms with Crippen molar-refractivity contribution in [3.8, 4) is 0 Å². The molecule has 3 rings (SSSR count). The van der Waals surface area contributed by atoms with Gasteiger partial charge >= 0.3 is 0 Å². The normalized spacial score (nSPS) is 17.8. The third-order valence-electron chi connectivity index (χ3n) is 3.67. The van der Waals surface area contributed by atoms with E-state index in [2.05, 4.69) is 16.0 Å². The maximum absolute atomic E-state index is 12.6. The van der Waals surface area contributed by atoms with Gasteiger partial charge in [-0.25, -0.2) is 0 Å². The zero-order valence-corrected chi connectivity index (χ0v) is 11.0. The Hall–Kier alpha value is -2.03. The van der Waals surface area contributed by atoms with Crippen molar-refractivity contribution in [3.05, 3.63) is 59.2 Å². The van der Waals surface area contributed by atoms with Gasteiger partial charge in [-0.15, -0.1) is 0 Å². The molecular weight excluding hydrogens is 236 g/mol. The van der Waals surface area contributed by atoms with Gasteiger partial charge in [0.15, 0.2) is 5.78 Å². The summed E-state index contributed by atoms with van der Waals surface area (Å²) in [6.45, 7) is 1.96. The summed E-state index contributed by atoms with van der Waals surface area (Å²) >= 11 is 0. The number of fused-ring (bicyclic) bond motifs is 1. The predicted molar refractivity (Wildman–Crippen MR) is 73.2 cm³/mol. The molecule has 0 aliphatic heterocycles. The summed E-state index contributed by atoms with van der Waals surface area (Å²) in [5.41, 5.74) is 3.89. The summed E-state index contributed by atoms with van der Waals surface area (Å²) in [5, 5.41) is 0. The monoisotopic (exact) mass is 252 g/mol. The second kappa shape index (κ2) is 4.92. The van der Waals surface area contributed by atoms with Crippen LogP contribution in [0.15, 0.2) is 36.8 Å². The number of Topliss-reactive ketones (excluding diaryl/α,β-unsaturated/α-hetero) is 1. The van der Waals surface area contributed by atoms with Gasteiger partial charge in [0.25, 0.3) is 0 Å². The van der Waals surface area contributed by atoms with Crippen LogP contribution in [0.3, 0.4) is 0 Å². The largest absolute Gasteiger partial charge is 0.293 e. The van der Waals surface area contributed by atoms with E-state index in [-0.39, 0.29) is 11.7 Å². The van der Waals surface area contributed by atoms with Crippen molar-refractivity contribution in [1.82, 2.24) is 9.97 Å². The second-order valence-corrected chi connectivity index (χ2v) is 5.11. The molecule has 2 heterocycles. The molecule has 1 aliphatic rings. The van der Waals surface area contributed by atoms with Crippen molar-refractivity contribution in [2.24, 2.45) is 0 Å². The molecule has 1 atom stereocenters. The number of hydrogen-bond acceptors (Lipinski definition) is 3. The number of aryl methyl sites for hydroxylation is 2. The fraction of sp³-hybridized carbons (Fsp3) is 0.312. The molecule has 3 nitrogen and oxygen atoms in total. The lowest BCUT2D eigenvalue weighted by Crippen LogP contribution is -2.20. The van der Waals surface area contributed by atoms with Gasteiger partial charge < -0.3 is 0 Å². The Morgan fingerprint density at radius 2 is 2.26 bits per heavy atom. The predicted octanol–water partition coefficient (Wildman–Crippen LogP) is 3.09. The highest BCUT2D eigenvalue weighted by molar-refractivity contribution is 6.00. The number of pyridine rings is 2. The Bertz CT molecular complexity index is 622. The summed E-state index contributed by atoms with van der Waals surface area (Å²) in [7, 11) is 0. The standard InChI is InChI=1S/C16H16N2O/c1-11-8-13(10-17-9-11)16(19)14-6-2-4-12-5-3-7-18-15(12)14/h3,5,7-10,14H,2,4,6H2,1H3. The van der Waals surface area contributed by atoms with Crippen molar-refractivity contribution >= 4 is 5.78 Å². The molecule has 2 aromatic heterocycles. The van der Waals surface area contributed by atoms with Crippen molar-refractivity contribution in [1.29, 1.82) is 0 Å². The molecule has 0 saturated heterocycles. The van der Waals surface area contributed by atoms with Crippen LogP contribution >= 0.6 is 0 Å². The molecule has 0 amide bonds. The summed E-state index contributed by atoms with van der Waals surface area (Å²) in [4.78, 5) is 21.2. The number of hydrogen-bond donors (Lipinski definition) is 0. The van der Waals surface area contributed by atoms with Gasteiger partial charge in [0.1, 0.15) is 0 Å². The van der Waals surface area contributed by atoms with Crippen molar-refractivity contribution in [3.63, 3.8) is 0 Å². The highest BCUT2D eigenvalue weighted by Gasteiger charge is 2.28. The first-order valence-corrected chi connectivity index (χ1v) is 6.65. The molecule has 0 radical (unpaired) electrons. The molecule has 3 heteroatoms. The zero-order valence-electron chi connectivity index (χ0n) is 11.0. The molecule has 1 unspecified atom stereocenters. The highest BCUT2D eigenvalue weighted by atomic mass is 16.1. The van der Waals surface area contributed by atoms with Crippen LogP contribution in [0, 0.1) is 6.92 Å². The average Bonchev–Trinajstić information content (AvgIpc) is 2.46. The van der Waals surface area contributed by atoms with Crippen LogP contribution in [-0.2, 0) is 6.42 Å². The van der Waals surface area contributed by atoms with Gasteiger partial charge in [-0.3, -0.25) is 14.8 Å². The molecular formula is C16H16N2O. The van der Waals surface area contributed by atoms with E-state index in [9.17, 15) is 4.79 Å². The number of carbonyl (C=O) groups is 1. The van der Waals surface area contributed by atoms with E-state index in [0.717, 1.165) is 30.5 Å². The van der Waals surface area contributed by atoms with Crippen molar-refractivity contribution in [2.75, 3.05) is 0 Å². The molecule has 0 fully saturated rings. The minimum Gasteiger partial charge on any atom is -0.293 e. The topological polar surface area (TPSA) is 42.9 Å². The minimum atomic E-state index is -0.103. The lowest BCUT2D eigenvalue weighted by Gasteiger charge is -2.23. The van der Waals surface area contributed by atoms with Crippen LogP contribution < -0.4 is 0 Å². The Morgan fingerprint density at radius 3 is 3.11 bits per heavy atom. The van der Waals surface area contributed by atoms with E-state index in [0.29, 0.717) is 5.56 Å². The number of rotatable bonds is 2. The quantitative estimate of drug-likeness (QED) is 0.771. The molecule has 0 saturated carbocycles. The molecule has 0 N–H and O–H groups in total. The van der Waals surface area contributed by atoms with Crippen molar-refractivity contribution in [2.45, 2.75) is 32.1 Å². The van der Waals surface area contributed by atoms with E-state index in [1.54, 1.807) is 18.6 Å². The first-order chi connectivity index (χ1) is 9.25. The van der Waals surface area contributed by atoms with Gasteiger partial charge in [0.05, 0.1) is 11.6 Å².